The highest BCUT2D eigenvalue weighted by Gasteiger charge is 2.20. The number of carbonyl (C=O) groups is 1. The molecule has 11 heteroatoms. The summed E-state index contributed by atoms with van der Waals surface area (Å²) in [5, 5.41) is 25.1. The Labute approximate surface area is 193 Å². The van der Waals surface area contributed by atoms with Gasteiger partial charge in [0.2, 0.25) is 5.91 Å². The lowest BCUT2D eigenvalue weighted by Gasteiger charge is -2.13. The number of amides is 1. The Bertz CT molecular complexity index is 1110. The van der Waals surface area contributed by atoms with Gasteiger partial charge in [0.15, 0.2) is 11.0 Å². The van der Waals surface area contributed by atoms with Crippen molar-refractivity contribution in [2.75, 3.05) is 11.1 Å². The molecular formula is C20H22ClN5O3S2. The van der Waals surface area contributed by atoms with Crippen molar-refractivity contribution < 1.29 is 9.72 Å². The Morgan fingerprint density at radius 1 is 1.29 bits per heavy atom. The molecule has 8 nitrogen and oxygen atoms in total. The molecule has 0 atom stereocenters. The largest absolute Gasteiger partial charge is 0.325 e. The highest BCUT2D eigenvalue weighted by molar-refractivity contribution is 7.99. The second kappa shape index (κ2) is 9.80. The zero-order valence-electron chi connectivity index (χ0n) is 17.5. The molecule has 0 radical (unpaired) electrons. The van der Waals surface area contributed by atoms with Crippen LogP contribution in [0.4, 0.5) is 11.4 Å². The third-order valence-corrected chi connectivity index (χ3v) is 6.88. The maximum atomic E-state index is 12.4. The average Bonchev–Trinajstić information content (AvgIpc) is 3.34. The molecular weight excluding hydrogens is 458 g/mol. The summed E-state index contributed by atoms with van der Waals surface area (Å²) in [7, 11) is 0. The first-order valence-electron chi connectivity index (χ1n) is 9.57. The van der Waals surface area contributed by atoms with E-state index in [9.17, 15) is 14.9 Å². The zero-order valence-corrected chi connectivity index (χ0v) is 19.8. The Morgan fingerprint density at radius 2 is 2.03 bits per heavy atom. The van der Waals surface area contributed by atoms with Crippen LogP contribution in [0.25, 0.3) is 11.4 Å². The monoisotopic (exact) mass is 479 g/mol. The first-order chi connectivity index (χ1) is 14.7. The number of nitrogens with one attached hydrogen (secondary N) is 1. The van der Waals surface area contributed by atoms with Crippen molar-refractivity contribution in [3.63, 3.8) is 0 Å². The molecule has 1 aromatic carbocycles. The number of thiophene rings is 1. The van der Waals surface area contributed by atoms with Crippen LogP contribution in [0.2, 0.25) is 5.02 Å². The van der Waals surface area contributed by atoms with E-state index in [2.05, 4.69) is 40.8 Å². The number of carbonyl (C=O) groups excluding carboxylic acids is 1. The summed E-state index contributed by atoms with van der Waals surface area (Å²) in [6, 6.07) is 6.39. The number of anilines is 1. The SMILES string of the molecule is CC(C)c1cc(-c2nnc(SCC(=O)Nc3ccc(Cl)c([N+](=O)[O-])c3)n2C(C)C)cs1. The molecule has 0 aliphatic carbocycles. The summed E-state index contributed by atoms with van der Waals surface area (Å²) in [4.78, 5) is 24.1. The van der Waals surface area contributed by atoms with Crippen molar-refractivity contribution in [1.82, 2.24) is 14.8 Å². The second-order valence-corrected chi connectivity index (χ2v) is 9.72. The third-order valence-electron chi connectivity index (χ3n) is 4.39. The number of nitrogens with zero attached hydrogens (tertiary/aromatic N) is 4. The van der Waals surface area contributed by atoms with Gasteiger partial charge in [-0.25, -0.2) is 0 Å². The summed E-state index contributed by atoms with van der Waals surface area (Å²) in [6.07, 6.45) is 0. The van der Waals surface area contributed by atoms with Gasteiger partial charge in [-0.3, -0.25) is 19.5 Å². The van der Waals surface area contributed by atoms with Gasteiger partial charge in [0, 0.05) is 33.6 Å². The van der Waals surface area contributed by atoms with Crippen LogP contribution < -0.4 is 5.32 Å². The molecule has 0 saturated carbocycles. The lowest BCUT2D eigenvalue weighted by atomic mass is 10.1. The second-order valence-electron chi connectivity index (χ2n) is 7.42. The molecule has 3 aromatic rings. The third kappa shape index (κ3) is 5.44. The number of hydrogen-bond donors (Lipinski definition) is 1. The highest BCUT2D eigenvalue weighted by Crippen LogP contribution is 2.33. The number of thioether (sulfide) groups is 1. The molecule has 164 valence electrons. The standard InChI is InChI=1S/C20H22ClN5O3S2/c1-11(2)17-7-13(9-30-17)19-23-24-20(25(19)12(3)4)31-10-18(27)22-14-5-6-15(21)16(8-14)26(28)29/h5-9,11-12H,10H2,1-4H3,(H,22,27). The predicted octanol–water partition coefficient (Wildman–Crippen LogP) is 6.00. The Kier molecular flexibility index (Phi) is 7.34. The van der Waals surface area contributed by atoms with Gasteiger partial charge in [0.05, 0.1) is 10.7 Å². The molecule has 1 N–H and O–H groups in total. The molecule has 0 saturated heterocycles. The maximum Gasteiger partial charge on any atom is 0.289 e. The summed E-state index contributed by atoms with van der Waals surface area (Å²) in [5.74, 6) is 0.992. The fourth-order valence-corrected chi connectivity index (χ4v) is 4.83. The van der Waals surface area contributed by atoms with Gasteiger partial charge in [-0.05, 0) is 38.0 Å². The fraction of sp³-hybridized carbons (Fsp3) is 0.350. The molecule has 31 heavy (non-hydrogen) atoms. The van der Waals surface area contributed by atoms with Gasteiger partial charge < -0.3 is 5.32 Å². The molecule has 0 aliphatic rings. The number of halogens is 1. The van der Waals surface area contributed by atoms with E-state index < -0.39 is 4.92 Å². The first-order valence-corrected chi connectivity index (χ1v) is 11.8. The molecule has 0 spiro atoms. The van der Waals surface area contributed by atoms with Crippen molar-refractivity contribution >= 4 is 52.0 Å². The molecule has 1 amide bonds. The number of rotatable bonds is 8. The molecule has 0 unspecified atom stereocenters. The van der Waals surface area contributed by atoms with Gasteiger partial charge in [-0.15, -0.1) is 21.5 Å². The highest BCUT2D eigenvalue weighted by atomic mass is 35.5. The van der Waals surface area contributed by atoms with Crippen molar-refractivity contribution in [2.24, 2.45) is 0 Å². The van der Waals surface area contributed by atoms with Crippen molar-refractivity contribution in [2.45, 2.75) is 44.8 Å². The van der Waals surface area contributed by atoms with E-state index in [0.29, 0.717) is 16.8 Å². The van der Waals surface area contributed by atoms with Crippen LogP contribution in [-0.2, 0) is 4.79 Å². The Morgan fingerprint density at radius 3 is 2.65 bits per heavy atom. The Balaban J connectivity index is 1.73. The number of benzene rings is 1. The van der Waals surface area contributed by atoms with E-state index in [1.54, 1.807) is 11.3 Å². The Hall–Kier alpha value is -2.43. The van der Waals surface area contributed by atoms with Crippen LogP contribution >= 0.6 is 34.7 Å². The van der Waals surface area contributed by atoms with E-state index in [4.69, 9.17) is 11.6 Å². The normalized spacial score (nSPS) is 11.3. The summed E-state index contributed by atoms with van der Waals surface area (Å²) in [6.45, 7) is 8.38. The van der Waals surface area contributed by atoms with E-state index in [-0.39, 0.29) is 28.4 Å². The number of nitro benzene ring substituents is 1. The minimum atomic E-state index is -0.589. The van der Waals surface area contributed by atoms with Crippen LogP contribution in [-0.4, -0.2) is 31.3 Å². The van der Waals surface area contributed by atoms with Crippen LogP contribution in [0, 0.1) is 10.1 Å². The van der Waals surface area contributed by atoms with E-state index in [1.165, 1.54) is 34.8 Å². The van der Waals surface area contributed by atoms with E-state index >= 15 is 0 Å². The van der Waals surface area contributed by atoms with Gasteiger partial charge in [0.1, 0.15) is 5.02 Å². The van der Waals surface area contributed by atoms with Gasteiger partial charge in [-0.2, -0.15) is 0 Å². The predicted molar refractivity (Wildman–Crippen MR) is 125 cm³/mol. The molecule has 2 heterocycles. The van der Waals surface area contributed by atoms with Gasteiger partial charge in [-0.1, -0.05) is 37.2 Å². The molecule has 0 aliphatic heterocycles. The summed E-state index contributed by atoms with van der Waals surface area (Å²) < 4.78 is 2.01. The number of nitro groups is 1. The first kappa shape index (κ1) is 23.2. The van der Waals surface area contributed by atoms with Crippen LogP contribution in [0.15, 0.2) is 34.8 Å². The summed E-state index contributed by atoms with van der Waals surface area (Å²) >= 11 is 8.77. The summed E-state index contributed by atoms with van der Waals surface area (Å²) in [5.41, 5.74) is 1.07. The zero-order chi connectivity index (χ0) is 22.7. The van der Waals surface area contributed by atoms with Crippen LogP contribution in [0.1, 0.15) is 44.5 Å². The smallest absolute Gasteiger partial charge is 0.289 e. The van der Waals surface area contributed by atoms with Crippen molar-refractivity contribution in [1.29, 1.82) is 0 Å². The van der Waals surface area contributed by atoms with E-state index in [0.717, 1.165) is 11.4 Å². The van der Waals surface area contributed by atoms with Gasteiger partial charge in [0.25, 0.3) is 5.69 Å². The molecule has 0 bridgehead atoms. The van der Waals surface area contributed by atoms with Crippen molar-refractivity contribution in [3.8, 4) is 11.4 Å². The number of aromatic nitrogens is 3. The topological polar surface area (TPSA) is 103 Å². The van der Waals surface area contributed by atoms with Gasteiger partial charge >= 0.3 is 0 Å². The maximum absolute atomic E-state index is 12.4. The van der Waals surface area contributed by atoms with E-state index in [1.807, 2.05) is 18.4 Å². The molecule has 2 aromatic heterocycles. The average molecular weight is 480 g/mol. The van der Waals surface area contributed by atoms with Crippen LogP contribution in [0.3, 0.4) is 0 Å². The quantitative estimate of drug-likeness (QED) is 0.241. The molecule has 3 rings (SSSR count). The minimum Gasteiger partial charge on any atom is -0.325 e. The fourth-order valence-electron chi connectivity index (χ4n) is 2.87. The lowest BCUT2D eigenvalue weighted by Crippen LogP contribution is -2.15. The minimum absolute atomic E-state index is 0.0176. The van der Waals surface area contributed by atoms with Crippen LogP contribution in [0.5, 0.6) is 0 Å². The molecule has 0 fully saturated rings. The number of hydrogen-bond acceptors (Lipinski definition) is 7. The van der Waals surface area contributed by atoms with Crippen molar-refractivity contribution in [3.05, 3.63) is 49.7 Å². The lowest BCUT2D eigenvalue weighted by molar-refractivity contribution is -0.384.